The predicted octanol–water partition coefficient (Wildman–Crippen LogP) is 1.52. The maximum absolute atomic E-state index is 12.5. The molecule has 2 saturated heterocycles. The number of nitrogens with one attached hydrogen (secondary N) is 1. The molecule has 0 radical (unpaired) electrons. The Morgan fingerprint density at radius 2 is 2.08 bits per heavy atom. The molecule has 132 valence electrons. The van der Waals surface area contributed by atoms with Crippen LogP contribution in [0.1, 0.15) is 17.7 Å². The number of rotatable bonds is 4. The molecule has 0 aliphatic carbocycles. The van der Waals surface area contributed by atoms with Crippen molar-refractivity contribution in [1.82, 2.24) is 10.2 Å². The van der Waals surface area contributed by atoms with E-state index in [1.54, 1.807) is 12.2 Å². The minimum atomic E-state index is -0.480. The van der Waals surface area contributed by atoms with Crippen LogP contribution in [0.3, 0.4) is 0 Å². The summed E-state index contributed by atoms with van der Waals surface area (Å²) in [6.45, 7) is 5.46. The lowest BCUT2D eigenvalue weighted by molar-refractivity contribution is -0.128. The molecule has 3 heterocycles. The zero-order valence-corrected chi connectivity index (χ0v) is 15.2. The van der Waals surface area contributed by atoms with Gasteiger partial charge in [-0.15, -0.1) is 17.9 Å². The van der Waals surface area contributed by atoms with E-state index in [1.165, 1.54) is 16.2 Å². The molecule has 25 heavy (non-hydrogen) atoms. The van der Waals surface area contributed by atoms with E-state index in [1.807, 2.05) is 12.1 Å². The lowest BCUT2D eigenvalue weighted by atomic mass is 10.1. The Labute approximate surface area is 155 Å². The summed E-state index contributed by atoms with van der Waals surface area (Å²) in [6.07, 6.45) is 4.45. The van der Waals surface area contributed by atoms with E-state index in [4.69, 9.17) is 12.2 Å². The minimum Gasteiger partial charge on any atom is -0.393 e. The fourth-order valence-electron chi connectivity index (χ4n) is 2.81. The van der Waals surface area contributed by atoms with Crippen molar-refractivity contribution in [3.63, 3.8) is 0 Å². The van der Waals surface area contributed by atoms with Crippen molar-refractivity contribution in [3.8, 4) is 0 Å². The fraction of sp³-hybridized carbons (Fsp3) is 0.353. The third-order valence-electron chi connectivity index (χ3n) is 4.17. The van der Waals surface area contributed by atoms with E-state index in [0.717, 1.165) is 35.8 Å². The molecule has 0 atom stereocenters. The van der Waals surface area contributed by atoms with Gasteiger partial charge in [0.25, 0.3) is 11.8 Å². The molecule has 2 aliphatic rings. The topological polar surface area (TPSA) is 72.9 Å². The van der Waals surface area contributed by atoms with Crippen LogP contribution in [0.5, 0.6) is 0 Å². The van der Waals surface area contributed by atoms with Gasteiger partial charge in [0.2, 0.25) is 0 Å². The molecular weight excluding hydrogens is 358 g/mol. The summed E-state index contributed by atoms with van der Waals surface area (Å²) in [5, 5.41) is 13.3. The molecule has 0 saturated carbocycles. The van der Waals surface area contributed by atoms with E-state index in [2.05, 4.69) is 16.8 Å². The first-order chi connectivity index (χ1) is 12.0. The van der Waals surface area contributed by atoms with Gasteiger partial charge in [0.15, 0.2) is 5.11 Å². The van der Waals surface area contributed by atoms with Gasteiger partial charge in [0, 0.05) is 24.5 Å². The standard InChI is InChI=1S/C17H19N3O3S2/c1-2-7-20-16(23)13(15(22)18-17(20)24)10-12-3-4-14(25-12)19-8-5-11(21)6-9-19/h2-4,10-11,21H,1,5-9H2,(H,18,22,24). The van der Waals surface area contributed by atoms with Gasteiger partial charge in [0.05, 0.1) is 11.1 Å². The predicted molar refractivity (Wildman–Crippen MR) is 102 cm³/mol. The highest BCUT2D eigenvalue weighted by atomic mass is 32.1. The lowest BCUT2D eigenvalue weighted by Gasteiger charge is -2.30. The molecule has 0 aromatic carbocycles. The van der Waals surface area contributed by atoms with Crippen molar-refractivity contribution in [2.45, 2.75) is 18.9 Å². The normalized spacial score (nSPS) is 21.0. The van der Waals surface area contributed by atoms with Crippen LogP contribution >= 0.6 is 23.6 Å². The maximum Gasteiger partial charge on any atom is 0.265 e. The average Bonchev–Trinajstić information content (AvgIpc) is 3.05. The first-order valence-corrected chi connectivity index (χ1v) is 9.24. The SMILES string of the molecule is C=CCN1C(=O)C(=Cc2ccc(N3CCC(O)CC3)s2)C(=O)NC1=S. The summed E-state index contributed by atoms with van der Waals surface area (Å²) in [5.41, 5.74) is 0.0675. The summed E-state index contributed by atoms with van der Waals surface area (Å²) in [4.78, 5) is 29.0. The third kappa shape index (κ3) is 3.81. The molecule has 2 N–H and O–H groups in total. The van der Waals surface area contributed by atoms with Crippen LogP contribution in [0.2, 0.25) is 0 Å². The number of aliphatic hydroxyl groups excluding tert-OH is 1. The molecule has 0 bridgehead atoms. The van der Waals surface area contributed by atoms with Gasteiger partial charge in [-0.25, -0.2) is 0 Å². The molecule has 1 aromatic heterocycles. The van der Waals surface area contributed by atoms with E-state index < -0.39 is 11.8 Å². The van der Waals surface area contributed by atoms with Crippen LogP contribution in [0.15, 0.2) is 30.4 Å². The zero-order chi connectivity index (χ0) is 18.0. The Balaban J connectivity index is 1.80. The highest BCUT2D eigenvalue weighted by Gasteiger charge is 2.32. The molecule has 0 spiro atoms. The smallest absolute Gasteiger partial charge is 0.265 e. The van der Waals surface area contributed by atoms with Crippen LogP contribution in [0.25, 0.3) is 6.08 Å². The first-order valence-electron chi connectivity index (χ1n) is 8.02. The highest BCUT2D eigenvalue weighted by Crippen LogP contribution is 2.30. The number of nitrogens with zero attached hydrogens (tertiary/aromatic N) is 2. The van der Waals surface area contributed by atoms with Crippen molar-refractivity contribution in [3.05, 3.63) is 35.2 Å². The van der Waals surface area contributed by atoms with Crippen LogP contribution in [0, 0.1) is 0 Å². The van der Waals surface area contributed by atoms with Crippen molar-refractivity contribution in [1.29, 1.82) is 0 Å². The second kappa shape index (κ2) is 7.47. The Hall–Kier alpha value is -2.03. The Bertz CT molecular complexity index is 748. The summed E-state index contributed by atoms with van der Waals surface area (Å²) in [6, 6.07) is 3.87. The van der Waals surface area contributed by atoms with E-state index in [-0.39, 0.29) is 23.3 Å². The number of hydrogen-bond acceptors (Lipinski definition) is 6. The summed E-state index contributed by atoms with van der Waals surface area (Å²) in [7, 11) is 0. The van der Waals surface area contributed by atoms with Crippen molar-refractivity contribution in [2.75, 3.05) is 24.5 Å². The fourth-order valence-corrected chi connectivity index (χ4v) is 4.06. The number of carbonyl (C=O) groups excluding carboxylic acids is 2. The Morgan fingerprint density at radius 1 is 1.36 bits per heavy atom. The average molecular weight is 377 g/mol. The van der Waals surface area contributed by atoms with Gasteiger partial charge >= 0.3 is 0 Å². The second-order valence-corrected chi connectivity index (χ2v) is 7.40. The van der Waals surface area contributed by atoms with Gasteiger partial charge in [-0.3, -0.25) is 19.8 Å². The lowest BCUT2D eigenvalue weighted by Crippen LogP contribution is -2.53. The second-order valence-electron chi connectivity index (χ2n) is 5.92. The zero-order valence-electron chi connectivity index (χ0n) is 13.6. The minimum absolute atomic E-state index is 0.0675. The first kappa shape index (κ1) is 17.8. The number of thiophene rings is 1. The van der Waals surface area contributed by atoms with Crippen molar-refractivity contribution >= 4 is 51.6 Å². The number of anilines is 1. The monoisotopic (exact) mass is 377 g/mol. The summed E-state index contributed by atoms with van der Waals surface area (Å²) < 4.78 is 0. The molecule has 2 aliphatic heterocycles. The van der Waals surface area contributed by atoms with E-state index in [9.17, 15) is 14.7 Å². The van der Waals surface area contributed by atoms with Crippen LogP contribution in [-0.4, -0.2) is 52.7 Å². The number of hydrogen-bond donors (Lipinski definition) is 2. The maximum atomic E-state index is 12.5. The number of piperidine rings is 1. The van der Waals surface area contributed by atoms with Crippen molar-refractivity contribution < 1.29 is 14.7 Å². The van der Waals surface area contributed by atoms with Gasteiger partial charge in [-0.1, -0.05) is 6.08 Å². The summed E-state index contributed by atoms with van der Waals surface area (Å²) in [5.74, 6) is -0.893. The molecule has 6 nitrogen and oxygen atoms in total. The Morgan fingerprint density at radius 3 is 2.76 bits per heavy atom. The molecule has 2 amide bonds. The number of carbonyl (C=O) groups is 2. The van der Waals surface area contributed by atoms with Gasteiger partial charge in [0.1, 0.15) is 5.57 Å². The molecule has 0 unspecified atom stereocenters. The quantitative estimate of drug-likeness (QED) is 0.360. The number of amides is 2. The van der Waals surface area contributed by atoms with E-state index in [0.29, 0.717) is 0 Å². The summed E-state index contributed by atoms with van der Waals surface area (Å²) >= 11 is 6.55. The Kier molecular flexibility index (Phi) is 5.31. The van der Waals surface area contributed by atoms with Crippen LogP contribution in [-0.2, 0) is 9.59 Å². The van der Waals surface area contributed by atoms with Crippen LogP contribution < -0.4 is 10.2 Å². The molecule has 1 aromatic rings. The molecule has 8 heteroatoms. The van der Waals surface area contributed by atoms with Crippen LogP contribution in [0.4, 0.5) is 5.00 Å². The molecule has 3 rings (SSSR count). The number of aliphatic hydroxyl groups is 1. The van der Waals surface area contributed by atoms with Gasteiger partial charge < -0.3 is 10.0 Å². The van der Waals surface area contributed by atoms with Crippen molar-refractivity contribution in [2.24, 2.45) is 0 Å². The molecular formula is C17H19N3O3S2. The number of thiocarbonyl (C=S) groups is 1. The molecule has 2 fully saturated rings. The van der Waals surface area contributed by atoms with Gasteiger partial charge in [-0.05, 0) is 43.3 Å². The van der Waals surface area contributed by atoms with Gasteiger partial charge in [-0.2, -0.15) is 0 Å². The van der Waals surface area contributed by atoms with E-state index >= 15 is 0 Å². The highest BCUT2D eigenvalue weighted by molar-refractivity contribution is 7.80. The largest absolute Gasteiger partial charge is 0.393 e. The third-order valence-corrected chi connectivity index (χ3v) is 5.59.